The van der Waals surface area contributed by atoms with Crippen LogP contribution in [0.3, 0.4) is 0 Å². The van der Waals surface area contributed by atoms with Gasteiger partial charge < -0.3 is 24.9 Å². The number of rotatable bonds is 10. The van der Waals surface area contributed by atoms with Gasteiger partial charge in [0.05, 0.1) is 12.3 Å². The Balaban J connectivity index is 1.67. The molecule has 0 bridgehead atoms. The maximum atomic E-state index is 14.5. The lowest BCUT2D eigenvalue weighted by molar-refractivity contribution is -0.119. The quantitative estimate of drug-likeness (QED) is 0.176. The summed E-state index contributed by atoms with van der Waals surface area (Å²) in [5.41, 5.74) is 0.745. The number of halogens is 2. The summed E-state index contributed by atoms with van der Waals surface area (Å²) in [5, 5.41) is 13.7. The van der Waals surface area contributed by atoms with E-state index >= 15 is 0 Å². The van der Waals surface area contributed by atoms with E-state index in [1.54, 1.807) is 37.4 Å². The van der Waals surface area contributed by atoms with E-state index in [0.717, 1.165) is 10.1 Å². The van der Waals surface area contributed by atoms with Crippen LogP contribution in [0.2, 0.25) is 0 Å². The molecule has 1 heterocycles. The van der Waals surface area contributed by atoms with E-state index in [9.17, 15) is 19.1 Å². The van der Waals surface area contributed by atoms with Gasteiger partial charge in [0.15, 0.2) is 0 Å². The monoisotopic (exact) mass is 617 g/mol. The largest absolute Gasteiger partial charge is 0.493 e. The first-order valence-corrected chi connectivity index (χ1v) is 12.5. The number of anilines is 1. The number of benzene rings is 3. The molecule has 3 N–H and O–H groups in total. The molecule has 0 unspecified atom stereocenters. The summed E-state index contributed by atoms with van der Waals surface area (Å²) < 4.78 is 26.6. The Morgan fingerprint density at radius 3 is 2.51 bits per heavy atom. The lowest BCUT2D eigenvalue weighted by atomic mass is 10.0. The zero-order valence-corrected chi connectivity index (χ0v) is 22.1. The zero-order valence-electron chi connectivity index (χ0n) is 19.9. The minimum absolute atomic E-state index is 0.0177. The molecule has 4 rings (SSSR count). The van der Waals surface area contributed by atoms with Gasteiger partial charge in [0.25, 0.3) is 0 Å². The number of nitrogens with one attached hydrogen (secondary N) is 2. The van der Waals surface area contributed by atoms with Crippen molar-refractivity contribution in [1.29, 1.82) is 0 Å². The van der Waals surface area contributed by atoms with Crippen molar-refractivity contribution in [2.24, 2.45) is 0 Å². The molecule has 1 amide bonds. The predicted molar refractivity (Wildman–Crippen MR) is 146 cm³/mol. The number of carbonyl (C=O) groups excluding carboxylic acids is 1. The van der Waals surface area contributed by atoms with Crippen molar-refractivity contribution >= 4 is 34.2 Å². The van der Waals surface area contributed by atoms with Crippen LogP contribution in [-0.4, -0.2) is 40.9 Å². The lowest BCUT2D eigenvalue weighted by Gasteiger charge is -2.19. The van der Waals surface area contributed by atoms with Crippen molar-refractivity contribution in [3.8, 4) is 22.9 Å². The molecule has 0 radical (unpaired) electrons. The molecule has 0 spiro atoms. The second-order valence-corrected chi connectivity index (χ2v) is 9.43. The van der Waals surface area contributed by atoms with Crippen LogP contribution in [0.15, 0.2) is 77.6 Å². The molecule has 1 atom stereocenters. The molecule has 0 aliphatic heterocycles. The third kappa shape index (κ3) is 6.38. The second-order valence-electron chi connectivity index (χ2n) is 8.18. The fourth-order valence-corrected chi connectivity index (χ4v) is 4.29. The highest BCUT2D eigenvalue weighted by atomic mass is 127. The summed E-state index contributed by atoms with van der Waals surface area (Å²) in [6.07, 6.45) is 0.0930. The molecule has 3 aromatic carbocycles. The van der Waals surface area contributed by atoms with Gasteiger partial charge in [-0.2, -0.15) is 0 Å². The Labute approximate surface area is 226 Å². The van der Waals surface area contributed by atoms with Crippen LogP contribution < -0.4 is 15.7 Å². The first-order chi connectivity index (χ1) is 17.9. The number of methoxy groups -OCH3 is 1. The van der Waals surface area contributed by atoms with Crippen LogP contribution in [0.25, 0.3) is 11.3 Å². The third-order valence-corrected chi connectivity index (χ3v) is 6.35. The molecule has 37 heavy (non-hydrogen) atoms. The molecular weight excluding hydrogens is 592 g/mol. The lowest BCUT2D eigenvalue weighted by Crippen LogP contribution is -2.33. The molecular formula is C27H25FIN3O5. The normalized spacial score (nSPS) is 11.8. The second kappa shape index (κ2) is 12.1. The molecule has 0 fully saturated rings. The van der Waals surface area contributed by atoms with Crippen LogP contribution in [-0.2, 0) is 16.0 Å². The van der Waals surface area contributed by atoms with Gasteiger partial charge in [0.1, 0.15) is 29.9 Å². The average molecular weight is 617 g/mol. The number of nitrogens with zero attached hydrogens (tertiary/aromatic N) is 1. The van der Waals surface area contributed by atoms with Gasteiger partial charge in [-0.15, -0.1) is 0 Å². The number of amides is 1. The molecule has 0 saturated heterocycles. The number of aromatic nitrogens is 2. The summed E-state index contributed by atoms with van der Waals surface area (Å²) in [6.45, 7) is 0.821. The van der Waals surface area contributed by atoms with Crippen LogP contribution in [0, 0.1) is 9.39 Å². The Bertz CT molecular complexity index is 1420. The smallest absolute Gasteiger partial charge is 0.329 e. The maximum Gasteiger partial charge on any atom is 0.329 e. The van der Waals surface area contributed by atoms with Gasteiger partial charge in [0.2, 0.25) is 11.8 Å². The van der Waals surface area contributed by atoms with Gasteiger partial charge >= 0.3 is 5.69 Å². The summed E-state index contributed by atoms with van der Waals surface area (Å²) in [7, 11) is 1.58. The fraction of sp³-hybridized carbons (Fsp3) is 0.185. The predicted octanol–water partition coefficient (Wildman–Crippen LogP) is 4.74. The van der Waals surface area contributed by atoms with E-state index in [2.05, 4.69) is 10.3 Å². The third-order valence-electron chi connectivity index (χ3n) is 5.68. The summed E-state index contributed by atoms with van der Waals surface area (Å²) in [4.78, 5) is 29.1. The Kier molecular flexibility index (Phi) is 8.62. The highest BCUT2D eigenvalue weighted by Crippen LogP contribution is 2.31. The Morgan fingerprint density at radius 1 is 1.11 bits per heavy atom. The minimum atomic E-state index is -1.16. The standard InChI is InChI=1S/C27H25FIN3O5/c1-36-13-14-37-20-10-7-18(8-11-20)24-26(34)32(27(35)31-24)23(15-17-5-3-2-4-6-17)25(33)30-22-12-9-19(29)16-21(22)28/h2-12,16,23,34H,13-15H2,1H3,(H,30,33)(H,31,35)/t23-/m0/s1. The number of hydrogen-bond donors (Lipinski definition) is 3. The fourth-order valence-electron chi connectivity index (χ4n) is 3.84. The number of imidazole rings is 1. The zero-order chi connectivity index (χ0) is 26.4. The van der Waals surface area contributed by atoms with E-state index in [0.29, 0.717) is 28.1 Å². The average Bonchev–Trinajstić information content (AvgIpc) is 3.19. The first kappa shape index (κ1) is 26.4. The topological polar surface area (TPSA) is 106 Å². The molecule has 0 aliphatic carbocycles. The number of carbonyl (C=O) groups is 1. The molecule has 4 aromatic rings. The van der Waals surface area contributed by atoms with Crippen LogP contribution in [0.4, 0.5) is 10.1 Å². The molecule has 0 saturated carbocycles. The first-order valence-electron chi connectivity index (χ1n) is 11.4. The van der Waals surface area contributed by atoms with E-state index in [4.69, 9.17) is 9.47 Å². The van der Waals surface area contributed by atoms with E-state index < -0.39 is 29.3 Å². The van der Waals surface area contributed by atoms with Crippen molar-refractivity contribution in [2.45, 2.75) is 12.5 Å². The van der Waals surface area contributed by atoms with Crippen LogP contribution in [0.1, 0.15) is 11.6 Å². The van der Waals surface area contributed by atoms with Crippen molar-refractivity contribution in [1.82, 2.24) is 9.55 Å². The Hall–Kier alpha value is -3.64. The van der Waals surface area contributed by atoms with Gasteiger partial charge in [-0.3, -0.25) is 4.79 Å². The highest BCUT2D eigenvalue weighted by molar-refractivity contribution is 14.1. The van der Waals surface area contributed by atoms with Gasteiger partial charge in [0, 0.05) is 22.7 Å². The van der Waals surface area contributed by atoms with E-state index in [-0.39, 0.29) is 17.8 Å². The number of aromatic hydroxyl groups is 1. The van der Waals surface area contributed by atoms with E-state index in [1.165, 1.54) is 12.1 Å². The molecule has 10 heteroatoms. The summed E-state index contributed by atoms with van der Waals surface area (Å²) in [5.74, 6) is -1.05. The van der Waals surface area contributed by atoms with Gasteiger partial charge in [-0.25, -0.2) is 13.8 Å². The van der Waals surface area contributed by atoms with Crippen molar-refractivity contribution in [3.63, 3.8) is 0 Å². The number of H-pyrrole nitrogens is 1. The maximum absolute atomic E-state index is 14.5. The number of aromatic amines is 1. The van der Waals surface area contributed by atoms with Crippen molar-refractivity contribution in [2.75, 3.05) is 25.6 Å². The van der Waals surface area contributed by atoms with Gasteiger partial charge in [-0.1, -0.05) is 30.3 Å². The molecule has 192 valence electrons. The number of ether oxygens (including phenoxy) is 2. The molecule has 0 aliphatic rings. The summed E-state index contributed by atoms with van der Waals surface area (Å²) >= 11 is 1.97. The molecule has 8 nitrogen and oxygen atoms in total. The van der Waals surface area contributed by atoms with Gasteiger partial charge in [-0.05, 0) is 70.6 Å². The van der Waals surface area contributed by atoms with Crippen LogP contribution >= 0.6 is 22.6 Å². The SMILES string of the molecule is COCCOc1ccc(-c2[nH]c(=O)n([C@@H](Cc3ccccc3)C(=O)Nc3ccc(I)cc3F)c2O)cc1. The van der Waals surface area contributed by atoms with Crippen LogP contribution in [0.5, 0.6) is 11.6 Å². The minimum Gasteiger partial charge on any atom is -0.493 e. The van der Waals surface area contributed by atoms with Crippen molar-refractivity contribution in [3.05, 3.63) is 98.2 Å². The van der Waals surface area contributed by atoms with E-state index in [1.807, 2.05) is 52.9 Å². The molecule has 1 aromatic heterocycles. The summed E-state index contributed by atoms with van der Waals surface area (Å²) in [6, 6.07) is 19.1. The highest BCUT2D eigenvalue weighted by Gasteiger charge is 2.28. The number of hydrogen-bond acceptors (Lipinski definition) is 5. The van der Waals surface area contributed by atoms with Crippen molar-refractivity contribution < 1.29 is 23.8 Å². The Morgan fingerprint density at radius 2 is 1.84 bits per heavy atom.